The average Bonchev–Trinajstić information content (AvgIpc) is 2.65. The lowest BCUT2D eigenvalue weighted by Gasteiger charge is -2.41. The molecule has 2 aliphatic rings. The molecule has 1 heterocycles. The van der Waals surface area contributed by atoms with Crippen LogP contribution in [0, 0.1) is 5.41 Å². The molecule has 5 heteroatoms. The fraction of sp³-hybridized carbons (Fsp3) is 0.650. The molecule has 0 atom stereocenters. The zero-order chi connectivity index (χ0) is 17.7. The largest absolute Gasteiger partial charge is 0.396 e. The van der Waals surface area contributed by atoms with Gasteiger partial charge in [0.05, 0.1) is 0 Å². The van der Waals surface area contributed by atoms with E-state index in [4.69, 9.17) is 11.6 Å². The number of hydrogen-bond acceptors (Lipinski definition) is 2. The Morgan fingerprint density at radius 3 is 2.52 bits per heavy atom. The lowest BCUT2D eigenvalue weighted by molar-refractivity contribution is 0.0545. The Labute approximate surface area is 155 Å². The van der Waals surface area contributed by atoms with Crippen LogP contribution in [0.25, 0.3) is 0 Å². The van der Waals surface area contributed by atoms with Crippen molar-refractivity contribution in [3.8, 4) is 0 Å². The number of carbonyl (C=O) groups excluding carboxylic acids is 1. The van der Waals surface area contributed by atoms with Gasteiger partial charge < -0.3 is 15.3 Å². The Balaban J connectivity index is 1.55. The van der Waals surface area contributed by atoms with Gasteiger partial charge in [0.15, 0.2) is 0 Å². The molecule has 0 radical (unpaired) electrons. The Hall–Kier alpha value is -1.26. The van der Waals surface area contributed by atoms with Crippen molar-refractivity contribution in [3.05, 3.63) is 34.9 Å². The van der Waals surface area contributed by atoms with Gasteiger partial charge in [0.1, 0.15) is 0 Å². The second-order valence-corrected chi connectivity index (χ2v) is 8.10. The normalized spacial score (nSPS) is 21.1. The zero-order valence-electron chi connectivity index (χ0n) is 14.8. The number of amides is 2. The number of urea groups is 1. The van der Waals surface area contributed by atoms with Crippen molar-refractivity contribution in [3.63, 3.8) is 0 Å². The minimum Gasteiger partial charge on any atom is -0.396 e. The first-order valence-corrected chi connectivity index (χ1v) is 9.89. The summed E-state index contributed by atoms with van der Waals surface area (Å²) in [5.41, 5.74) is 0.908. The highest BCUT2D eigenvalue weighted by molar-refractivity contribution is 6.31. The first-order valence-electron chi connectivity index (χ1n) is 9.52. The standard InChI is InChI=1S/C20H29ClN2O2/c21-18-9-5-4-6-16(18)14-20(15-24)10-12-23(13-11-20)19(25)22-17-7-2-1-3-8-17/h4-6,9,17,24H,1-3,7-8,10-15H2,(H,22,25). The molecule has 1 aromatic carbocycles. The second kappa shape index (κ2) is 8.41. The predicted molar refractivity (Wildman–Crippen MR) is 101 cm³/mol. The Kier molecular flexibility index (Phi) is 6.24. The van der Waals surface area contributed by atoms with Crippen LogP contribution in [0.5, 0.6) is 0 Å². The van der Waals surface area contributed by atoms with Gasteiger partial charge in [0, 0.05) is 36.2 Å². The van der Waals surface area contributed by atoms with Gasteiger partial charge in [-0.2, -0.15) is 0 Å². The van der Waals surface area contributed by atoms with Crippen molar-refractivity contribution in [1.82, 2.24) is 10.2 Å². The summed E-state index contributed by atoms with van der Waals surface area (Å²) in [6.07, 6.45) is 8.32. The molecule has 4 nitrogen and oxygen atoms in total. The van der Waals surface area contributed by atoms with Crippen molar-refractivity contribution < 1.29 is 9.90 Å². The van der Waals surface area contributed by atoms with Crippen LogP contribution >= 0.6 is 11.6 Å². The Morgan fingerprint density at radius 1 is 1.20 bits per heavy atom. The van der Waals surface area contributed by atoms with Gasteiger partial charge in [-0.05, 0) is 43.7 Å². The van der Waals surface area contributed by atoms with Gasteiger partial charge >= 0.3 is 6.03 Å². The fourth-order valence-corrected chi connectivity index (χ4v) is 4.34. The molecule has 2 fully saturated rings. The minimum absolute atomic E-state index is 0.0659. The van der Waals surface area contributed by atoms with Crippen molar-refractivity contribution in [2.24, 2.45) is 5.41 Å². The number of carbonyl (C=O) groups is 1. The number of hydrogen-bond donors (Lipinski definition) is 2. The molecule has 2 amide bonds. The highest BCUT2D eigenvalue weighted by Gasteiger charge is 2.36. The van der Waals surface area contributed by atoms with Gasteiger partial charge in [0.2, 0.25) is 0 Å². The molecule has 2 N–H and O–H groups in total. The smallest absolute Gasteiger partial charge is 0.317 e. The second-order valence-electron chi connectivity index (χ2n) is 7.70. The number of aliphatic hydroxyl groups is 1. The quantitative estimate of drug-likeness (QED) is 0.848. The van der Waals surface area contributed by atoms with E-state index in [1.54, 1.807) is 0 Å². The van der Waals surface area contributed by atoms with Crippen LogP contribution in [0.3, 0.4) is 0 Å². The molecule has 0 bridgehead atoms. The van der Waals surface area contributed by atoms with Crippen molar-refractivity contribution in [2.75, 3.05) is 19.7 Å². The third kappa shape index (κ3) is 4.68. The maximum absolute atomic E-state index is 12.5. The van der Waals surface area contributed by atoms with Crippen LogP contribution in [0.15, 0.2) is 24.3 Å². The summed E-state index contributed by atoms with van der Waals surface area (Å²) in [6, 6.07) is 8.25. The number of nitrogens with one attached hydrogen (secondary N) is 1. The van der Waals surface area contributed by atoms with E-state index < -0.39 is 0 Å². The Bertz CT molecular complexity index is 579. The van der Waals surface area contributed by atoms with E-state index in [1.807, 2.05) is 29.2 Å². The molecule has 1 aliphatic heterocycles. The van der Waals surface area contributed by atoms with Crippen molar-refractivity contribution in [2.45, 2.75) is 57.4 Å². The van der Waals surface area contributed by atoms with Gasteiger partial charge in [-0.3, -0.25) is 0 Å². The summed E-state index contributed by atoms with van der Waals surface area (Å²) in [7, 11) is 0. The van der Waals surface area contributed by atoms with Crippen molar-refractivity contribution >= 4 is 17.6 Å². The molecule has 138 valence electrons. The molecule has 0 aromatic heterocycles. The number of benzene rings is 1. The molecule has 1 saturated heterocycles. The molecular formula is C20H29ClN2O2. The third-order valence-electron chi connectivity index (χ3n) is 5.90. The summed E-state index contributed by atoms with van der Waals surface area (Å²) >= 11 is 6.29. The summed E-state index contributed by atoms with van der Waals surface area (Å²) in [6.45, 7) is 1.53. The van der Waals surface area contributed by atoms with E-state index in [1.165, 1.54) is 19.3 Å². The molecular weight excluding hydrogens is 336 g/mol. The summed E-state index contributed by atoms with van der Waals surface area (Å²) in [5, 5.41) is 14.0. The van der Waals surface area contributed by atoms with Crippen LogP contribution in [-0.2, 0) is 6.42 Å². The highest BCUT2D eigenvalue weighted by atomic mass is 35.5. The van der Waals surface area contributed by atoms with Gasteiger partial charge in [-0.25, -0.2) is 4.79 Å². The van der Waals surface area contributed by atoms with E-state index in [0.717, 1.165) is 42.7 Å². The first kappa shape index (κ1) is 18.5. The van der Waals surface area contributed by atoms with Crippen LogP contribution in [0.2, 0.25) is 5.02 Å². The van der Waals surface area contributed by atoms with Gasteiger partial charge in [-0.1, -0.05) is 49.1 Å². The number of aliphatic hydroxyl groups excluding tert-OH is 1. The molecule has 1 aliphatic carbocycles. The predicted octanol–water partition coefficient (Wildman–Crippen LogP) is 4.00. The molecule has 0 unspecified atom stereocenters. The van der Waals surface area contributed by atoms with E-state index >= 15 is 0 Å². The minimum atomic E-state index is -0.174. The van der Waals surface area contributed by atoms with E-state index in [-0.39, 0.29) is 18.1 Å². The Morgan fingerprint density at radius 2 is 1.88 bits per heavy atom. The number of nitrogens with zero attached hydrogens (tertiary/aromatic N) is 1. The molecule has 1 aromatic rings. The monoisotopic (exact) mass is 364 g/mol. The third-order valence-corrected chi connectivity index (χ3v) is 6.27. The van der Waals surface area contributed by atoms with Crippen LogP contribution in [-0.4, -0.2) is 41.8 Å². The van der Waals surface area contributed by atoms with Crippen LogP contribution in [0.1, 0.15) is 50.5 Å². The maximum Gasteiger partial charge on any atom is 0.317 e. The molecule has 25 heavy (non-hydrogen) atoms. The van der Waals surface area contributed by atoms with Crippen LogP contribution < -0.4 is 5.32 Å². The molecule has 3 rings (SSSR count). The summed E-state index contributed by atoms with van der Waals surface area (Å²) < 4.78 is 0. The van der Waals surface area contributed by atoms with E-state index in [2.05, 4.69) is 5.32 Å². The zero-order valence-corrected chi connectivity index (χ0v) is 15.6. The van der Waals surface area contributed by atoms with Gasteiger partial charge in [-0.15, -0.1) is 0 Å². The summed E-state index contributed by atoms with van der Waals surface area (Å²) in [4.78, 5) is 14.4. The molecule has 0 spiro atoms. The number of piperidine rings is 1. The number of likely N-dealkylation sites (tertiary alicyclic amines) is 1. The number of halogens is 1. The SMILES string of the molecule is O=C(NC1CCCCC1)N1CCC(CO)(Cc2ccccc2Cl)CC1. The highest BCUT2D eigenvalue weighted by Crippen LogP contribution is 2.36. The maximum atomic E-state index is 12.5. The molecule has 1 saturated carbocycles. The number of rotatable bonds is 4. The fourth-order valence-electron chi connectivity index (χ4n) is 4.13. The lowest BCUT2D eigenvalue weighted by atomic mass is 9.74. The van der Waals surface area contributed by atoms with Gasteiger partial charge in [0.25, 0.3) is 0 Å². The lowest BCUT2D eigenvalue weighted by Crippen LogP contribution is -2.51. The van der Waals surface area contributed by atoms with E-state index in [9.17, 15) is 9.90 Å². The average molecular weight is 365 g/mol. The van der Waals surface area contributed by atoms with Crippen molar-refractivity contribution in [1.29, 1.82) is 0 Å². The first-order chi connectivity index (χ1) is 12.1. The summed E-state index contributed by atoms with van der Waals surface area (Å²) in [5.74, 6) is 0. The van der Waals surface area contributed by atoms with E-state index in [0.29, 0.717) is 19.1 Å². The van der Waals surface area contributed by atoms with Crippen LogP contribution in [0.4, 0.5) is 4.79 Å². The topological polar surface area (TPSA) is 52.6 Å².